The molecule has 0 fully saturated rings. The van der Waals surface area contributed by atoms with Gasteiger partial charge in [0.1, 0.15) is 17.1 Å². The molecule has 3 N–H and O–H groups in total. The summed E-state index contributed by atoms with van der Waals surface area (Å²) >= 11 is 0. The van der Waals surface area contributed by atoms with Gasteiger partial charge in [-0.3, -0.25) is 4.79 Å². The molecule has 1 heterocycles. The van der Waals surface area contributed by atoms with Crippen molar-refractivity contribution in [3.05, 3.63) is 64.9 Å². The molecule has 0 bridgehead atoms. The maximum absolute atomic E-state index is 12.9. The van der Waals surface area contributed by atoms with Gasteiger partial charge in [-0.05, 0) is 44.2 Å². The second-order valence-corrected chi connectivity index (χ2v) is 6.01. The van der Waals surface area contributed by atoms with E-state index >= 15 is 0 Å². The number of benzene rings is 2. The molecule has 0 radical (unpaired) electrons. The van der Waals surface area contributed by atoms with E-state index in [0.29, 0.717) is 23.6 Å². The molecule has 2 aromatic rings. The fourth-order valence-electron chi connectivity index (χ4n) is 2.73. The molecule has 0 amide bonds. The Hall–Kier alpha value is -3.32. The number of Topliss-reactive ketones (excluding diaryl/α,β-unsaturated/α-hetero) is 1. The summed E-state index contributed by atoms with van der Waals surface area (Å²) in [5, 5.41) is 21.6. The van der Waals surface area contributed by atoms with Gasteiger partial charge in [-0.15, -0.1) is 0 Å². The van der Waals surface area contributed by atoms with Gasteiger partial charge < -0.3 is 25.0 Å². The molecule has 0 saturated carbocycles. The van der Waals surface area contributed by atoms with Crippen molar-refractivity contribution in [1.82, 2.24) is 0 Å². The van der Waals surface area contributed by atoms with Gasteiger partial charge in [0.2, 0.25) is 6.29 Å². The summed E-state index contributed by atoms with van der Waals surface area (Å²) in [5.74, 6) is -1.37. The van der Waals surface area contributed by atoms with Crippen LogP contribution < -0.4 is 10.1 Å². The summed E-state index contributed by atoms with van der Waals surface area (Å²) in [6, 6.07) is 9.38. The third-order valence-corrected chi connectivity index (χ3v) is 4.07. The maximum Gasteiger partial charge on any atom is 0.339 e. The van der Waals surface area contributed by atoms with E-state index in [4.69, 9.17) is 14.6 Å². The van der Waals surface area contributed by atoms with E-state index in [2.05, 4.69) is 5.32 Å². The number of carbonyl (C=O) groups is 2. The number of fused-ring (bicyclic) bond motifs is 1. The average molecular weight is 369 g/mol. The van der Waals surface area contributed by atoms with Crippen LogP contribution in [0.1, 0.15) is 33.2 Å². The Bertz CT molecular complexity index is 934. The number of carboxylic acids is 1. The lowest BCUT2D eigenvalue weighted by atomic mass is 9.98. The van der Waals surface area contributed by atoms with Gasteiger partial charge in [0.05, 0.1) is 11.1 Å². The van der Waals surface area contributed by atoms with Crippen LogP contribution >= 0.6 is 0 Å². The van der Waals surface area contributed by atoms with E-state index < -0.39 is 12.3 Å². The number of carboxylic acid groups (broad SMARTS) is 1. The number of ketones is 1. The third-order valence-electron chi connectivity index (χ3n) is 4.07. The van der Waals surface area contributed by atoms with Crippen LogP contribution in [0.15, 0.2) is 48.2 Å². The van der Waals surface area contributed by atoms with Crippen molar-refractivity contribution in [1.29, 1.82) is 0 Å². The monoisotopic (exact) mass is 369 g/mol. The standard InChI is InChI=1S/C20H19NO6/c1-3-26-20-15(18(23)14-8-11(2)4-7-17(14)27-20)10-21-12-5-6-16(22)13(9-12)19(24)25/h4-10,20-22H,3H2,1-2H3,(H,24,25)/t20-/m1/s1. The lowest BCUT2D eigenvalue weighted by molar-refractivity contribution is -0.0509. The van der Waals surface area contributed by atoms with E-state index in [0.717, 1.165) is 5.56 Å². The number of phenols is 1. The number of nitrogens with one attached hydrogen (secondary N) is 1. The van der Waals surface area contributed by atoms with Crippen LogP contribution in [0.5, 0.6) is 11.5 Å². The first-order valence-corrected chi connectivity index (χ1v) is 8.37. The van der Waals surface area contributed by atoms with Gasteiger partial charge in [-0.2, -0.15) is 0 Å². The third kappa shape index (κ3) is 3.78. The van der Waals surface area contributed by atoms with Gasteiger partial charge in [-0.25, -0.2) is 4.79 Å². The zero-order chi connectivity index (χ0) is 19.6. The van der Waals surface area contributed by atoms with Crippen LogP contribution in [0.4, 0.5) is 5.69 Å². The zero-order valence-corrected chi connectivity index (χ0v) is 14.9. The summed E-state index contributed by atoms with van der Waals surface area (Å²) in [5.41, 5.74) is 1.79. The van der Waals surface area contributed by atoms with Crippen LogP contribution in [0, 0.1) is 6.92 Å². The highest BCUT2D eigenvalue weighted by molar-refractivity contribution is 6.12. The number of hydrogen-bond donors (Lipinski definition) is 3. The summed E-state index contributed by atoms with van der Waals surface area (Å²) in [7, 11) is 0. The second-order valence-electron chi connectivity index (χ2n) is 6.01. The quantitative estimate of drug-likeness (QED) is 0.548. The minimum atomic E-state index is -1.25. The molecular weight excluding hydrogens is 350 g/mol. The van der Waals surface area contributed by atoms with Gasteiger partial charge in [-0.1, -0.05) is 11.6 Å². The number of aryl methyl sites for hydroxylation is 1. The number of hydrogen-bond acceptors (Lipinski definition) is 6. The van der Waals surface area contributed by atoms with E-state index in [-0.39, 0.29) is 22.7 Å². The number of carbonyl (C=O) groups excluding carboxylic acids is 1. The van der Waals surface area contributed by atoms with Crippen LogP contribution in [-0.2, 0) is 4.74 Å². The normalized spacial score (nSPS) is 17.3. The molecule has 7 heteroatoms. The Morgan fingerprint density at radius 2 is 2.07 bits per heavy atom. The van der Waals surface area contributed by atoms with E-state index in [1.54, 1.807) is 19.1 Å². The molecule has 0 spiro atoms. The Labute approximate surface area is 155 Å². The van der Waals surface area contributed by atoms with Crippen LogP contribution in [-0.4, -0.2) is 34.9 Å². The van der Waals surface area contributed by atoms with Gasteiger partial charge >= 0.3 is 5.97 Å². The SMILES string of the molecule is CCO[C@@H]1Oc2ccc(C)cc2C(=O)C1=CNc1ccc(O)c(C(=O)O)c1. The Morgan fingerprint density at radius 1 is 1.30 bits per heavy atom. The number of aromatic hydroxyl groups is 1. The number of anilines is 1. The maximum atomic E-state index is 12.9. The lowest BCUT2D eigenvalue weighted by Gasteiger charge is -2.27. The zero-order valence-electron chi connectivity index (χ0n) is 14.9. The topological polar surface area (TPSA) is 105 Å². The molecule has 140 valence electrons. The predicted octanol–water partition coefficient (Wildman–Crippen LogP) is 3.33. The minimum Gasteiger partial charge on any atom is -0.507 e. The van der Waals surface area contributed by atoms with Crippen molar-refractivity contribution in [2.24, 2.45) is 0 Å². The molecule has 0 unspecified atom stereocenters. The number of rotatable bonds is 5. The van der Waals surface area contributed by atoms with Crippen molar-refractivity contribution >= 4 is 17.4 Å². The fraction of sp³-hybridized carbons (Fsp3) is 0.200. The first kappa shape index (κ1) is 18.5. The largest absolute Gasteiger partial charge is 0.507 e. The molecule has 27 heavy (non-hydrogen) atoms. The number of aromatic carboxylic acids is 1. The van der Waals surface area contributed by atoms with Crippen molar-refractivity contribution in [2.45, 2.75) is 20.1 Å². The Balaban J connectivity index is 1.94. The molecule has 1 aliphatic rings. The average Bonchev–Trinajstić information content (AvgIpc) is 2.63. The smallest absolute Gasteiger partial charge is 0.339 e. The molecule has 0 aliphatic carbocycles. The fourth-order valence-corrected chi connectivity index (χ4v) is 2.73. The van der Waals surface area contributed by atoms with E-state index in [1.807, 2.05) is 13.0 Å². The van der Waals surface area contributed by atoms with Gasteiger partial charge in [0.25, 0.3) is 0 Å². The lowest BCUT2D eigenvalue weighted by Crippen LogP contribution is -2.33. The summed E-state index contributed by atoms with van der Waals surface area (Å²) in [4.78, 5) is 24.0. The van der Waals surface area contributed by atoms with Crippen LogP contribution in [0.25, 0.3) is 0 Å². The molecule has 2 aromatic carbocycles. The molecule has 1 atom stereocenters. The minimum absolute atomic E-state index is 0.233. The molecular formula is C20H19NO6. The summed E-state index contributed by atoms with van der Waals surface area (Å²) in [6.45, 7) is 4.02. The second kappa shape index (κ2) is 7.51. The van der Waals surface area contributed by atoms with Crippen molar-refractivity contribution in [3.8, 4) is 11.5 Å². The van der Waals surface area contributed by atoms with Crippen molar-refractivity contribution in [3.63, 3.8) is 0 Å². The van der Waals surface area contributed by atoms with Crippen LogP contribution in [0.3, 0.4) is 0 Å². The Morgan fingerprint density at radius 3 is 2.78 bits per heavy atom. The summed E-state index contributed by atoms with van der Waals surface area (Å²) < 4.78 is 11.3. The first-order valence-electron chi connectivity index (χ1n) is 8.37. The summed E-state index contributed by atoms with van der Waals surface area (Å²) in [6.07, 6.45) is 0.563. The van der Waals surface area contributed by atoms with Crippen LogP contribution in [0.2, 0.25) is 0 Å². The van der Waals surface area contributed by atoms with Gasteiger partial charge in [0.15, 0.2) is 5.78 Å². The first-order chi connectivity index (χ1) is 12.9. The van der Waals surface area contributed by atoms with Crippen molar-refractivity contribution in [2.75, 3.05) is 11.9 Å². The highest BCUT2D eigenvalue weighted by Gasteiger charge is 2.32. The van der Waals surface area contributed by atoms with E-state index in [1.165, 1.54) is 24.4 Å². The molecule has 3 rings (SSSR count). The van der Waals surface area contributed by atoms with Gasteiger partial charge in [0, 0.05) is 18.5 Å². The molecule has 1 aliphatic heterocycles. The number of ether oxygens (including phenoxy) is 2. The van der Waals surface area contributed by atoms with Crippen molar-refractivity contribution < 1.29 is 29.3 Å². The van der Waals surface area contributed by atoms with E-state index in [9.17, 15) is 14.7 Å². The molecule has 0 aromatic heterocycles. The molecule has 0 saturated heterocycles. The highest BCUT2D eigenvalue weighted by atomic mass is 16.7. The predicted molar refractivity (Wildman–Crippen MR) is 98.3 cm³/mol. The molecule has 7 nitrogen and oxygen atoms in total. The Kier molecular flexibility index (Phi) is 5.14. The highest BCUT2D eigenvalue weighted by Crippen LogP contribution is 2.32.